The standard InChI is InChI=1S/C26H31N3O4/c1-15-7-9-17(10-8-15)27-23(30)20-19-13-14-26(33-19)21(20)25(32)29(18-11-12-18)22(26)24(31)28-16-5-3-2-4-6-16/h7-10,13-14,16,18-22H,2-6,11-12H2,1H3,(H,27,30)(H,28,31)/t19-,20-,21-,22-,26-/m1/s1. The Morgan fingerprint density at radius 2 is 1.76 bits per heavy atom. The molecule has 2 aliphatic carbocycles. The van der Waals surface area contributed by atoms with Crippen molar-refractivity contribution in [3.05, 3.63) is 42.0 Å². The second-order valence-corrected chi connectivity index (χ2v) is 10.4. The van der Waals surface area contributed by atoms with Gasteiger partial charge in [0.05, 0.1) is 17.9 Å². The zero-order chi connectivity index (χ0) is 22.7. The van der Waals surface area contributed by atoms with Gasteiger partial charge in [0.25, 0.3) is 0 Å². The van der Waals surface area contributed by atoms with Gasteiger partial charge in [-0.1, -0.05) is 49.1 Å². The van der Waals surface area contributed by atoms with Crippen LogP contribution in [0.1, 0.15) is 50.5 Å². The van der Waals surface area contributed by atoms with Crippen molar-refractivity contribution in [3.8, 4) is 0 Å². The van der Waals surface area contributed by atoms with Gasteiger partial charge in [0, 0.05) is 17.8 Å². The first kappa shape index (κ1) is 20.9. The Morgan fingerprint density at radius 1 is 1.03 bits per heavy atom. The van der Waals surface area contributed by atoms with Gasteiger partial charge in [0.15, 0.2) is 0 Å². The van der Waals surface area contributed by atoms with Gasteiger partial charge in [0.1, 0.15) is 11.6 Å². The molecule has 5 atom stereocenters. The molecule has 1 aromatic carbocycles. The number of carbonyl (C=O) groups is 3. The summed E-state index contributed by atoms with van der Waals surface area (Å²) in [5, 5.41) is 6.20. The Bertz CT molecular complexity index is 1010. The summed E-state index contributed by atoms with van der Waals surface area (Å²) in [6, 6.07) is 7.12. The summed E-state index contributed by atoms with van der Waals surface area (Å²) in [6.45, 7) is 1.99. The minimum atomic E-state index is -1.06. The molecule has 2 N–H and O–H groups in total. The molecule has 4 fully saturated rings. The van der Waals surface area contributed by atoms with E-state index in [4.69, 9.17) is 4.74 Å². The van der Waals surface area contributed by atoms with Gasteiger partial charge < -0.3 is 20.3 Å². The maximum absolute atomic E-state index is 13.7. The van der Waals surface area contributed by atoms with Gasteiger partial charge in [0.2, 0.25) is 17.7 Å². The molecular formula is C26H31N3O4. The molecule has 2 saturated heterocycles. The maximum Gasteiger partial charge on any atom is 0.246 e. The Hall–Kier alpha value is -2.67. The molecule has 174 valence electrons. The lowest BCUT2D eigenvalue weighted by atomic mass is 9.74. The summed E-state index contributed by atoms with van der Waals surface area (Å²) in [5.41, 5.74) is 0.747. The van der Waals surface area contributed by atoms with Crippen LogP contribution in [0.3, 0.4) is 0 Å². The third-order valence-electron chi connectivity index (χ3n) is 8.07. The van der Waals surface area contributed by atoms with Crippen molar-refractivity contribution in [2.45, 2.75) is 81.7 Å². The second kappa shape index (κ2) is 7.69. The average Bonchev–Trinajstić information content (AvgIpc) is 3.40. The van der Waals surface area contributed by atoms with Crippen LogP contribution in [0, 0.1) is 18.8 Å². The van der Waals surface area contributed by atoms with Crippen molar-refractivity contribution in [3.63, 3.8) is 0 Å². The molecular weight excluding hydrogens is 418 g/mol. The van der Waals surface area contributed by atoms with Crippen LogP contribution in [-0.4, -0.2) is 52.5 Å². The fourth-order valence-corrected chi connectivity index (χ4v) is 6.34. The molecule has 7 nitrogen and oxygen atoms in total. The van der Waals surface area contributed by atoms with E-state index in [0.717, 1.165) is 44.1 Å². The highest BCUT2D eigenvalue weighted by Crippen LogP contribution is 2.57. The summed E-state index contributed by atoms with van der Waals surface area (Å²) in [7, 11) is 0. The van der Waals surface area contributed by atoms with Crippen LogP contribution < -0.4 is 10.6 Å². The van der Waals surface area contributed by atoms with Crippen molar-refractivity contribution in [1.82, 2.24) is 10.2 Å². The number of aryl methyl sites for hydroxylation is 1. The molecule has 0 radical (unpaired) electrons. The van der Waals surface area contributed by atoms with E-state index >= 15 is 0 Å². The number of fused-ring (bicyclic) bond motifs is 1. The molecule has 1 aromatic rings. The van der Waals surface area contributed by atoms with E-state index in [1.165, 1.54) is 6.42 Å². The van der Waals surface area contributed by atoms with Crippen LogP contribution in [0.25, 0.3) is 0 Å². The number of amides is 3. The number of nitrogens with one attached hydrogen (secondary N) is 2. The summed E-state index contributed by atoms with van der Waals surface area (Å²) in [4.78, 5) is 42.4. The molecule has 5 aliphatic rings. The number of anilines is 1. The smallest absolute Gasteiger partial charge is 0.246 e. The first-order valence-corrected chi connectivity index (χ1v) is 12.4. The van der Waals surface area contributed by atoms with Crippen molar-refractivity contribution in [1.29, 1.82) is 0 Å². The molecule has 2 saturated carbocycles. The fraction of sp³-hybridized carbons (Fsp3) is 0.577. The minimum Gasteiger partial charge on any atom is -0.359 e. The summed E-state index contributed by atoms with van der Waals surface area (Å²) in [6.07, 6.45) is 10.5. The zero-order valence-electron chi connectivity index (χ0n) is 19.0. The molecule has 3 heterocycles. The van der Waals surface area contributed by atoms with E-state index < -0.39 is 29.6 Å². The predicted molar refractivity (Wildman–Crippen MR) is 122 cm³/mol. The number of hydrogen-bond acceptors (Lipinski definition) is 4. The van der Waals surface area contributed by atoms with Crippen molar-refractivity contribution in [2.75, 3.05) is 5.32 Å². The lowest BCUT2D eigenvalue weighted by molar-refractivity contribution is -0.142. The Labute approximate surface area is 193 Å². The average molecular weight is 450 g/mol. The normalized spacial score (nSPS) is 35.1. The first-order chi connectivity index (χ1) is 16.0. The number of nitrogens with zero attached hydrogens (tertiary/aromatic N) is 1. The van der Waals surface area contributed by atoms with E-state index in [0.29, 0.717) is 5.69 Å². The van der Waals surface area contributed by atoms with Crippen LogP contribution in [0.2, 0.25) is 0 Å². The number of ether oxygens (including phenoxy) is 1. The van der Waals surface area contributed by atoms with Gasteiger partial charge in [-0.3, -0.25) is 14.4 Å². The minimum absolute atomic E-state index is 0.0661. The summed E-state index contributed by atoms with van der Waals surface area (Å²) < 4.78 is 6.38. The van der Waals surface area contributed by atoms with Gasteiger partial charge in [-0.2, -0.15) is 0 Å². The van der Waals surface area contributed by atoms with Gasteiger partial charge in [-0.15, -0.1) is 0 Å². The monoisotopic (exact) mass is 449 g/mol. The zero-order valence-corrected chi connectivity index (χ0v) is 19.0. The first-order valence-electron chi connectivity index (χ1n) is 12.4. The molecule has 2 bridgehead atoms. The molecule has 6 rings (SSSR count). The number of likely N-dealkylation sites (tertiary alicyclic amines) is 1. The van der Waals surface area contributed by atoms with Gasteiger partial charge in [-0.05, 0) is 44.7 Å². The van der Waals surface area contributed by atoms with Crippen molar-refractivity contribution in [2.24, 2.45) is 11.8 Å². The lowest BCUT2D eigenvalue weighted by Gasteiger charge is -2.34. The highest BCUT2D eigenvalue weighted by Gasteiger charge is 2.74. The van der Waals surface area contributed by atoms with Crippen LogP contribution in [0.15, 0.2) is 36.4 Å². The summed E-state index contributed by atoms with van der Waals surface area (Å²) in [5.74, 6) is -1.78. The van der Waals surface area contributed by atoms with Crippen LogP contribution >= 0.6 is 0 Å². The summed E-state index contributed by atoms with van der Waals surface area (Å²) >= 11 is 0. The number of rotatable bonds is 5. The van der Waals surface area contributed by atoms with E-state index in [9.17, 15) is 14.4 Å². The van der Waals surface area contributed by atoms with Crippen molar-refractivity contribution < 1.29 is 19.1 Å². The molecule has 0 unspecified atom stereocenters. The Morgan fingerprint density at radius 3 is 2.45 bits per heavy atom. The van der Waals surface area contributed by atoms with Crippen LogP contribution in [0.5, 0.6) is 0 Å². The topological polar surface area (TPSA) is 87.7 Å². The lowest BCUT2D eigenvalue weighted by Crippen LogP contribution is -2.57. The van der Waals surface area contributed by atoms with E-state index in [2.05, 4.69) is 10.6 Å². The van der Waals surface area contributed by atoms with E-state index in [-0.39, 0.29) is 29.8 Å². The Kier molecular flexibility index (Phi) is 4.87. The second-order valence-electron chi connectivity index (χ2n) is 10.4. The van der Waals surface area contributed by atoms with Crippen LogP contribution in [-0.2, 0) is 19.1 Å². The highest BCUT2D eigenvalue weighted by molar-refractivity contribution is 6.03. The van der Waals surface area contributed by atoms with Crippen molar-refractivity contribution >= 4 is 23.4 Å². The van der Waals surface area contributed by atoms with Gasteiger partial charge >= 0.3 is 0 Å². The van der Waals surface area contributed by atoms with Gasteiger partial charge in [-0.25, -0.2) is 0 Å². The largest absolute Gasteiger partial charge is 0.359 e. The molecule has 3 amide bonds. The Balaban J connectivity index is 1.29. The molecule has 33 heavy (non-hydrogen) atoms. The third-order valence-corrected chi connectivity index (χ3v) is 8.07. The number of hydrogen-bond donors (Lipinski definition) is 2. The number of carbonyl (C=O) groups excluding carboxylic acids is 3. The molecule has 3 aliphatic heterocycles. The van der Waals surface area contributed by atoms with E-state index in [1.807, 2.05) is 43.3 Å². The molecule has 7 heteroatoms. The quantitative estimate of drug-likeness (QED) is 0.677. The molecule has 1 spiro atoms. The third kappa shape index (κ3) is 3.31. The highest BCUT2D eigenvalue weighted by atomic mass is 16.5. The molecule has 0 aromatic heterocycles. The van der Waals surface area contributed by atoms with E-state index in [1.54, 1.807) is 4.90 Å². The maximum atomic E-state index is 13.7. The van der Waals surface area contributed by atoms with Crippen LogP contribution in [0.4, 0.5) is 5.69 Å². The SMILES string of the molecule is Cc1ccc(NC(=O)[C@@H]2[C@H]3C=C[C@@]4(O3)[C@H]2C(=O)N(C2CC2)[C@@H]4C(=O)NC2CCCCC2)cc1. The number of benzene rings is 1. The fourth-order valence-electron chi connectivity index (χ4n) is 6.34. The predicted octanol–water partition coefficient (Wildman–Crippen LogP) is 2.70.